The molecule has 0 aliphatic carbocycles. The van der Waals surface area contributed by atoms with Crippen molar-refractivity contribution in [3.63, 3.8) is 0 Å². The van der Waals surface area contributed by atoms with E-state index in [9.17, 15) is 18.8 Å². The van der Waals surface area contributed by atoms with Crippen molar-refractivity contribution >= 4 is 40.3 Å². The molecule has 0 radical (unpaired) electrons. The van der Waals surface area contributed by atoms with Gasteiger partial charge in [-0.25, -0.2) is 4.39 Å². The van der Waals surface area contributed by atoms with Gasteiger partial charge in [0.1, 0.15) is 5.82 Å². The van der Waals surface area contributed by atoms with Crippen molar-refractivity contribution in [1.29, 1.82) is 0 Å². The van der Waals surface area contributed by atoms with Gasteiger partial charge in [-0.3, -0.25) is 14.4 Å². The number of benzene rings is 1. The molecule has 25 heavy (non-hydrogen) atoms. The molecule has 0 bridgehead atoms. The van der Waals surface area contributed by atoms with Crippen LogP contribution >= 0.6 is 11.8 Å². The summed E-state index contributed by atoms with van der Waals surface area (Å²) in [6, 6.07) is 3.83. The lowest BCUT2D eigenvalue weighted by Gasteiger charge is -2.30. The largest absolute Gasteiger partial charge is 0.306 e. The topological polar surface area (TPSA) is 82.1 Å². The van der Waals surface area contributed by atoms with Gasteiger partial charge in [-0.2, -0.15) is 5.01 Å². The van der Waals surface area contributed by atoms with Gasteiger partial charge in [-0.1, -0.05) is 0 Å². The third-order valence-corrected chi connectivity index (χ3v) is 5.16. The normalized spacial score (nSPS) is 21.8. The lowest BCUT2D eigenvalue weighted by atomic mass is 10.1. The van der Waals surface area contributed by atoms with Crippen molar-refractivity contribution in [2.24, 2.45) is 5.10 Å². The minimum Gasteiger partial charge on any atom is -0.306 e. The quantitative estimate of drug-likeness (QED) is 0.823. The van der Waals surface area contributed by atoms with Gasteiger partial charge in [-0.15, -0.1) is 5.10 Å². The Morgan fingerprint density at radius 1 is 1.32 bits per heavy atom. The molecule has 0 saturated heterocycles. The fourth-order valence-electron chi connectivity index (χ4n) is 3.05. The summed E-state index contributed by atoms with van der Waals surface area (Å²) in [5, 5.41) is 7.74. The number of fused-ring (bicyclic) bond motifs is 2. The minimum absolute atomic E-state index is 0.122. The van der Waals surface area contributed by atoms with Gasteiger partial charge in [0, 0.05) is 25.5 Å². The van der Waals surface area contributed by atoms with E-state index in [1.54, 1.807) is 0 Å². The lowest BCUT2D eigenvalue weighted by molar-refractivity contribution is -0.139. The first-order valence-electron chi connectivity index (χ1n) is 7.68. The molecular weight excluding hydrogens is 347 g/mol. The number of hydrogen-bond acceptors (Lipinski definition) is 5. The summed E-state index contributed by atoms with van der Waals surface area (Å²) in [6.07, 6.45) is 0. The van der Waals surface area contributed by atoms with Gasteiger partial charge in [-0.05, 0) is 43.8 Å². The number of amides is 3. The Labute approximate surface area is 148 Å². The Kier molecular flexibility index (Phi) is 4.06. The number of anilines is 1. The summed E-state index contributed by atoms with van der Waals surface area (Å²) in [4.78, 5) is 36.8. The Hall–Kier alpha value is -2.42. The van der Waals surface area contributed by atoms with E-state index in [1.165, 1.54) is 36.9 Å². The molecule has 1 N–H and O–H groups in total. The zero-order valence-electron chi connectivity index (χ0n) is 14.2. The first-order valence-corrected chi connectivity index (χ1v) is 8.50. The Bertz CT molecular complexity index is 826. The molecule has 1 aromatic carbocycles. The SMILES string of the molecule is CC(=O)NC1=NN(C(C)=O)C2(S1)C(=O)N(C(C)C)c1ccc(F)cc12. The number of halogens is 1. The summed E-state index contributed by atoms with van der Waals surface area (Å²) in [6.45, 7) is 6.23. The summed E-state index contributed by atoms with van der Waals surface area (Å²) >= 11 is 0.931. The highest BCUT2D eigenvalue weighted by molar-refractivity contribution is 8.15. The van der Waals surface area contributed by atoms with Crippen LogP contribution in [0.25, 0.3) is 0 Å². The van der Waals surface area contributed by atoms with E-state index in [4.69, 9.17) is 0 Å². The predicted molar refractivity (Wildman–Crippen MR) is 92.1 cm³/mol. The van der Waals surface area contributed by atoms with Crippen LogP contribution in [0.5, 0.6) is 0 Å². The predicted octanol–water partition coefficient (Wildman–Crippen LogP) is 1.74. The molecule has 3 rings (SSSR count). The molecule has 2 aliphatic heterocycles. The minimum atomic E-state index is -1.55. The summed E-state index contributed by atoms with van der Waals surface area (Å²) in [7, 11) is 0. The zero-order chi connectivity index (χ0) is 18.5. The average Bonchev–Trinajstić information content (AvgIpc) is 2.98. The molecule has 0 saturated carbocycles. The maximum Gasteiger partial charge on any atom is 0.271 e. The van der Waals surface area contributed by atoms with Crippen molar-refractivity contribution in [2.45, 2.75) is 38.6 Å². The number of nitrogens with one attached hydrogen (secondary N) is 1. The molecule has 1 atom stereocenters. The fraction of sp³-hybridized carbons (Fsp3) is 0.375. The first-order chi connectivity index (χ1) is 11.7. The molecule has 1 aromatic rings. The lowest BCUT2D eigenvalue weighted by Crippen LogP contribution is -2.50. The molecular formula is C16H17FN4O3S. The fourth-order valence-corrected chi connectivity index (χ4v) is 4.36. The number of carbonyl (C=O) groups is 3. The third-order valence-electron chi connectivity index (χ3n) is 3.92. The van der Waals surface area contributed by atoms with Crippen LogP contribution < -0.4 is 10.2 Å². The highest BCUT2D eigenvalue weighted by Gasteiger charge is 2.61. The smallest absolute Gasteiger partial charge is 0.271 e. The maximum atomic E-state index is 13.9. The molecule has 9 heteroatoms. The van der Waals surface area contributed by atoms with Crippen LogP contribution in [0, 0.1) is 5.82 Å². The zero-order valence-corrected chi connectivity index (χ0v) is 15.0. The summed E-state index contributed by atoms with van der Waals surface area (Å²) in [5.41, 5.74) is 0.870. The van der Waals surface area contributed by atoms with E-state index in [0.717, 1.165) is 16.8 Å². The van der Waals surface area contributed by atoms with Crippen LogP contribution in [-0.2, 0) is 19.3 Å². The number of thioether (sulfide) groups is 1. The van der Waals surface area contributed by atoms with Gasteiger partial charge in [0.05, 0.1) is 5.69 Å². The molecule has 132 valence electrons. The molecule has 3 amide bonds. The van der Waals surface area contributed by atoms with Gasteiger partial charge >= 0.3 is 0 Å². The molecule has 7 nitrogen and oxygen atoms in total. The maximum absolute atomic E-state index is 13.9. The first kappa shape index (κ1) is 17.4. The summed E-state index contributed by atoms with van der Waals surface area (Å²) in [5.74, 6) is -1.78. The van der Waals surface area contributed by atoms with E-state index in [2.05, 4.69) is 10.4 Å². The number of hydrogen-bond donors (Lipinski definition) is 1. The number of carbonyl (C=O) groups excluding carboxylic acids is 3. The molecule has 1 unspecified atom stereocenters. The molecule has 2 aliphatic rings. The second-order valence-electron chi connectivity index (χ2n) is 6.09. The standard InChI is InChI=1S/C16H17FN4O3S/c1-8(2)20-13-6-5-11(17)7-12(13)16(14(20)24)21(10(4)23)19-15(25-16)18-9(3)22/h5-8H,1-4H3,(H,18,19,22). The van der Waals surface area contributed by atoms with Crippen molar-refractivity contribution in [3.05, 3.63) is 29.6 Å². The van der Waals surface area contributed by atoms with Crippen LogP contribution in [-0.4, -0.2) is 33.9 Å². The highest BCUT2D eigenvalue weighted by atomic mass is 32.2. The van der Waals surface area contributed by atoms with Crippen LogP contribution in [0.1, 0.15) is 33.3 Å². The van der Waals surface area contributed by atoms with Gasteiger partial charge in [0.2, 0.25) is 16.7 Å². The van der Waals surface area contributed by atoms with Gasteiger partial charge in [0.25, 0.3) is 5.91 Å². The van der Waals surface area contributed by atoms with Crippen LogP contribution in [0.15, 0.2) is 23.3 Å². The second-order valence-corrected chi connectivity index (χ2v) is 7.28. The van der Waals surface area contributed by atoms with Crippen LogP contribution in [0.4, 0.5) is 10.1 Å². The number of amidine groups is 1. The van der Waals surface area contributed by atoms with E-state index in [1.807, 2.05) is 13.8 Å². The van der Waals surface area contributed by atoms with Crippen molar-refractivity contribution in [3.8, 4) is 0 Å². The average molecular weight is 364 g/mol. The summed E-state index contributed by atoms with van der Waals surface area (Å²) < 4.78 is 13.9. The van der Waals surface area contributed by atoms with Gasteiger partial charge in [0.15, 0.2) is 5.17 Å². The second kappa shape index (κ2) is 5.83. The van der Waals surface area contributed by atoms with E-state index in [-0.39, 0.29) is 17.1 Å². The Morgan fingerprint density at radius 3 is 2.56 bits per heavy atom. The number of hydrazone groups is 1. The molecule has 0 aromatic heterocycles. The van der Waals surface area contributed by atoms with Crippen molar-refractivity contribution in [2.75, 3.05) is 4.90 Å². The van der Waals surface area contributed by atoms with E-state index < -0.39 is 22.5 Å². The van der Waals surface area contributed by atoms with E-state index >= 15 is 0 Å². The Balaban J connectivity index is 2.21. The molecule has 0 fully saturated rings. The van der Waals surface area contributed by atoms with Crippen LogP contribution in [0.3, 0.4) is 0 Å². The third kappa shape index (κ3) is 2.50. The highest BCUT2D eigenvalue weighted by Crippen LogP contribution is 2.54. The Morgan fingerprint density at radius 2 is 2.00 bits per heavy atom. The van der Waals surface area contributed by atoms with Crippen molar-refractivity contribution < 1.29 is 18.8 Å². The van der Waals surface area contributed by atoms with Crippen LogP contribution in [0.2, 0.25) is 0 Å². The van der Waals surface area contributed by atoms with Gasteiger partial charge < -0.3 is 10.2 Å². The number of rotatable bonds is 1. The van der Waals surface area contributed by atoms with Crippen molar-refractivity contribution in [1.82, 2.24) is 10.3 Å². The van der Waals surface area contributed by atoms with E-state index in [0.29, 0.717) is 11.3 Å². The molecule has 2 heterocycles. The molecule has 1 spiro atoms. The number of nitrogens with zero attached hydrogens (tertiary/aromatic N) is 3. The monoisotopic (exact) mass is 364 g/mol.